The Bertz CT molecular complexity index is 191. The first kappa shape index (κ1) is 24.9. The summed E-state index contributed by atoms with van der Waals surface area (Å²) in [5.41, 5.74) is 0. The molecule has 0 aromatic rings. The van der Waals surface area contributed by atoms with E-state index in [1.165, 1.54) is 24.6 Å². The van der Waals surface area contributed by atoms with Crippen LogP contribution < -0.4 is 0 Å². The molecule has 0 amide bonds. The van der Waals surface area contributed by atoms with E-state index >= 15 is 0 Å². The van der Waals surface area contributed by atoms with E-state index in [-0.39, 0.29) is 0 Å². The van der Waals surface area contributed by atoms with E-state index in [1.807, 2.05) is 35.4 Å². The fourth-order valence-electron chi connectivity index (χ4n) is 2.63. The molecule has 136 valence electrons. The Balaban J connectivity index is 0. The lowest BCUT2D eigenvalue weighted by Crippen LogP contribution is -2.38. The highest BCUT2D eigenvalue weighted by Crippen LogP contribution is 2.22. The van der Waals surface area contributed by atoms with Crippen LogP contribution in [0.5, 0.6) is 0 Å². The van der Waals surface area contributed by atoms with Crippen molar-refractivity contribution in [1.82, 2.24) is 9.80 Å². The van der Waals surface area contributed by atoms with Gasteiger partial charge in [-0.3, -0.25) is 9.80 Å². The molecule has 0 heterocycles. The molecule has 22 heavy (non-hydrogen) atoms. The molecule has 0 aliphatic carbocycles. The minimum Gasteiger partial charge on any atom is -0.298 e. The van der Waals surface area contributed by atoms with Gasteiger partial charge in [0.15, 0.2) is 0 Å². The van der Waals surface area contributed by atoms with E-state index < -0.39 is 0 Å². The van der Waals surface area contributed by atoms with Crippen molar-refractivity contribution in [3.63, 3.8) is 0 Å². The third-order valence-electron chi connectivity index (χ3n) is 3.60. The Morgan fingerprint density at radius 3 is 0.955 bits per heavy atom. The molecule has 0 fully saturated rings. The summed E-state index contributed by atoms with van der Waals surface area (Å²) in [5, 5.41) is 0. The van der Waals surface area contributed by atoms with Crippen LogP contribution in [-0.4, -0.2) is 58.6 Å². The third-order valence-corrected chi connectivity index (χ3v) is 5.97. The van der Waals surface area contributed by atoms with E-state index in [2.05, 4.69) is 65.2 Å². The monoisotopic (exact) mass is 350 g/mol. The highest BCUT2D eigenvalue weighted by molar-refractivity contribution is 8.76. The molecule has 0 unspecified atom stereocenters. The van der Waals surface area contributed by atoms with Gasteiger partial charge in [0.05, 0.1) is 0 Å². The topological polar surface area (TPSA) is 6.48 Å². The summed E-state index contributed by atoms with van der Waals surface area (Å²) in [4.78, 5) is 5.14. The van der Waals surface area contributed by atoms with E-state index in [0.717, 1.165) is 0 Å². The lowest BCUT2D eigenvalue weighted by Gasteiger charge is -2.31. The Morgan fingerprint density at radius 1 is 0.545 bits per heavy atom. The van der Waals surface area contributed by atoms with Gasteiger partial charge >= 0.3 is 0 Å². The van der Waals surface area contributed by atoms with Gasteiger partial charge in [-0.15, -0.1) is 0 Å². The van der Waals surface area contributed by atoms with Gasteiger partial charge in [0.25, 0.3) is 0 Å². The third kappa shape index (κ3) is 12.1. The van der Waals surface area contributed by atoms with Gasteiger partial charge in [-0.2, -0.15) is 0 Å². The maximum absolute atomic E-state index is 2.57. The zero-order valence-electron chi connectivity index (χ0n) is 16.8. The molecule has 0 rings (SSSR count). The Hall–Kier alpha value is 0.620. The van der Waals surface area contributed by atoms with E-state index in [4.69, 9.17) is 0 Å². The predicted molar refractivity (Wildman–Crippen MR) is 110 cm³/mol. The first-order valence-corrected chi connectivity index (χ1v) is 11.5. The van der Waals surface area contributed by atoms with Crippen molar-refractivity contribution < 1.29 is 0 Å². The molecule has 0 radical (unpaired) electrons. The average Bonchev–Trinajstić information content (AvgIpc) is 2.42. The summed E-state index contributed by atoms with van der Waals surface area (Å²) >= 11 is 0. The van der Waals surface area contributed by atoms with Crippen molar-refractivity contribution in [1.29, 1.82) is 0 Å². The van der Waals surface area contributed by atoms with Crippen molar-refractivity contribution in [2.75, 3.05) is 24.6 Å². The van der Waals surface area contributed by atoms with Crippen LogP contribution in [0.25, 0.3) is 0 Å². The summed E-state index contributed by atoms with van der Waals surface area (Å²) in [6.45, 7) is 24.7. The summed E-state index contributed by atoms with van der Waals surface area (Å²) in [7, 11) is 4.06. The lowest BCUT2D eigenvalue weighted by molar-refractivity contribution is 0.187. The Labute approximate surface area is 149 Å². The SMILES string of the molecule is CC.CC(C)N(CCSSCCN(C(C)C)C(C)C)C(C)C. The zero-order valence-corrected chi connectivity index (χ0v) is 18.5. The second-order valence-corrected chi connectivity index (χ2v) is 9.20. The number of nitrogens with zero attached hydrogens (tertiary/aromatic N) is 2. The van der Waals surface area contributed by atoms with Gasteiger partial charge < -0.3 is 0 Å². The second kappa shape index (κ2) is 15.2. The fraction of sp³-hybridized carbons (Fsp3) is 1.00. The van der Waals surface area contributed by atoms with Gasteiger partial charge in [0.2, 0.25) is 0 Å². The maximum atomic E-state index is 2.57. The normalized spacial score (nSPS) is 12.0. The van der Waals surface area contributed by atoms with E-state index in [0.29, 0.717) is 24.2 Å². The highest BCUT2D eigenvalue weighted by Gasteiger charge is 2.14. The van der Waals surface area contributed by atoms with Crippen molar-refractivity contribution in [3.05, 3.63) is 0 Å². The molecule has 0 saturated heterocycles. The Morgan fingerprint density at radius 2 is 0.773 bits per heavy atom. The summed E-state index contributed by atoms with van der Waals surface area (Å²) < 4.78 is 0. The minimum atomic E-state index is 0.651. The van der Waals surface area contributed by atoms with Crippen LogP contribution in [0.2, 0.25) is 0 Å². The minimum absolute atomic E-state index is 0.651. The van der Waals surface area contributed by atoms with E-state index in [1.54, 1.807) is 0 Å². The first-order chi connectivity index (χ1) is 10.3. The van der Waals surface area contributed by atoms with Gasteiger partial charge in [0, 0.05) is 48.8 Å². The molecule has 0 atom stereocenters. The van der Waals surface area contributed by atoms with Crippen molar-refractivity contribution in [3.8, 4) is 0 Å². The van der Waals surface area contributed by atoms with Crippen LogP contribution >= 0.6 is 21.6 Å². The maximum Gasteiger partial charge on any atom is 0.0165 e. The summed E-state index contributed by atoms with van der Waals surface area (Å²) in [6.07, 6.45) is 0. The molecule has 0 aliphatic rings. The van der Waals surface area contributed by atoms with Crippen LogP contribution in [0.3, 0.4) is 0 Å². The largest absolute Gasteiger partial charge is 0.298 e. The van der Waals surface area contributed by atoms with Gasteiger partial charge in [-0.1, -0.05) is 35.4 Å². The molecule has 0 spiro atoms. The van der Waals surface area contributed by atoms with Crippen molar-refractivity contribution >= 4 is 21.6 Å². The smallest absolute Gasteiger partial charge is 0.0165 e. The van der Waals surface area contributed by atoms with Gasteiger partial charge in [0.1, 0.15) is 0 Å². The van der Waals surface area contributed by atoms with Crippen molar-refractivity contribution in [2.24, 2.45) is 0 Å². The molecule has 0 aliphatic heterocycles. The van der Waals surface area contributed by atoms with Crippen LogP contribution in [-0.2, 0) is 0 Å². The molecule has 0 N–H and O–H groups in total. The highest BCUT2D eigenvalue weighted by atomic mass is 33.1. The average molecular weight is 351 g/mol. The molecule has 0 bridgehead atoms. The lowest BCUT2D eigenvalue weighted by atomic mass is 10.2. The Kier molecular flexibility index (Phi) is 17.1. The number of hydrogen-bond acceptors (Lipinski definition) is 4. The summed E-state index contributed by atoms with van der Waals surface area (Å²) in [6, 6.07) is 2.60. The van der Waals surface area contributed by atoms with Gasteiger partial charge in [-0.05, 0) is 55.4 Å². The standard InChI is InChI=1S/C16H36N2S2.C2H6/c1-13(2)17(14(3)4)9-11-19-20-12-10-18(15(5)6)16(7)8;1-2/h13-16H,9-12H2,1-8H3;1-2H3. The van der Waals surface area contributed by atoms with Crippen LogP contribution in [0.4, 0.5) is 0 Å². The fourth-order valence-corrected chi connectivity index (χ4v) is 4.59. The molecule has 0 saturated carbocycles. The molecule has 4 heteroatoms. The van der Waals surface area contributed by atoms with Crippen LogP contribution in [0, 0.1) is 0 Å². The predicted octanol–water partition coefficient (Wildman–Crippen LogP) is 5.63. The number of hydrogen-bond donors (Lipinski definition) is 0. The quantitative estimate of drug-likeness (QED) is 0.351. The van der Waals surface area contributed by atoms with E-state index in [9.17, 15) is 0 Å². The molecule has 0 aromatic carbocycles. The molecular formula is C18H42N2S2. The second-order valence-electron chi connectivity index (χ2n) is 6.49. The van der Waals surface area contributed by atoms with Crippen molar-refractivity contribution in [2.45, 2.75) is 93.4 Å². The molecular weight excluding hydrogens is 308 g/mol. The first-order valence-electron chi connectivity index (χ1n) is 9.03. The van der Waals surface area contributed by atoms with Crippen LogP contribution in [0.15, 0.2) is 0 Å². The molecule has 2 nitrogen and oxygen atoms in total. The molecule has 0 aromatic heterocycles. The number of rotatable bonds is 11. The summed E-state index contributed by atoms with van der Waals surface area (Å²) in [5.74, 6) is 2.45. The van der Waals surface area contributed by atoms with Crippen LogP contribution in [0.1, 0.15) is 69.2 Å². The zero-order chi connectivity index (χ0) is 17.7. The van der Waals surface area contributed by atoms with Gasteiger partial charge in [-0.25, -0.2) is 0 Å².